The summed E-state index contributed by atoms with van der Waals surface area (Å²) in [6.45, 7) is 3.94. The van der Waals surface area contributed by atoms with Crippen LogP contribution in [0.5, 0.6) is 0 Å². The van der Waals surface area contributed by atoms with E-state index in [1.165, 1.54) is 28.4 Å². The Balaban J connectivity index is 0.679. The molecule has 1 unspecified atom stereocenters. The van der Waals surface area contributed by atoms with Gasteiger partial charge in [0.15, 0.2) is 11.2 Å². The number of fused-ring (bicyclic) bond motifs is 2. The van der Waals surface area contributed by atoms with Crippen LogP contribution in [0.3, 0.4) is 0 Å². The number of imide groups is 1. The van der Waals surface area contributed by atoms with Crippen molar-refractivity contribution in [3.05, 3.63) is 106 Å². The van der Waals surface area contributed by atoms with Crippen molar-refractivity contribution in [2.24, 2.45) is 5.41 Å². The lowest BCUT2D eigenvalue weighted by atomic mass is 9.72. The van der Waals surface area contributed by atoms with Crippen molar-refractivity contribution in [2.45, 2.75) is 75.7 Å². The van der Waals surface area contributed by atoms with Crippen molar-refractivity contribution in [1.29, 1.82) is 0 Å². The number of hydrogen-bond acceptors (Lipinski definition) is 12. The number of nitrogens with one attached hydrogen (secondary N) is 3. The molecule has 0 bridgehead atoms. The number of carbonyl (C=O) groups is 5. The zero-order valence-corrected chi connectivity index (χ0v) is 38.3. The molecule has 68 heavy (non-hydrogen) atoms. The molecule has 2 aromatic heterocycles. The molecule has 5 aromatic rings. The van der Waals surface area contributed by atoms with Gasteiger partial charge in [-0.2, -0.15) is 0 Å². The number of thiazole rings is 1. The van der Waals surface area contributed by atoms with Crippen molar-refractivity contribution < 1.29 is 37.9 Å². The third kappa shape index (κ3) is 8.02. The molecule has 6 aliphatic heterocycles. The molecular formula is C48H47ClF2N10O6S. The van der Waals surface area contributed by atoms with Crippen LogP contribution in [0, 0.1) is 17.0 Å². The predicted molar refractivity (Wildman–Crippen MR) is 249 cm³/mol. The molecule has 3 aromatic carbocycles. The topological polar surface area (TPSA) is 185 Å². The molecule has 0 saturated carbocycles. The smallest absolute Gasteiger partial charge is 0.255 e. The molecule has 6 aliphatic rings. The first-order chi connectivity index (χ1) is 32.7. The number of benzene rings is 3. The number of nitrogens with zero attached hydrogens (tertiary/aromatic N) is 7. The van der Waals surface area contributed by atoms with Gasteiger partial charge in [-0.25, -0.2) is 18.7 Å². The number of halogens is 3. The maximum Gasteiger partial charge on any atom is 0.255 e. The van der Waals surface area contributed by atoms with Crippen LogP contribution in [0.1, 0.15) is 71.9 Å². The first-order valence-electron chi connectivity index (χ1n) is 22.8. The number of imidazole rings is 1. The van der Waals surface area contributed by atoms with Crippen molar-refractivity contribution >= 4 is 74.7 Å². The largest absolute Gasteiger partial charge is 0.389 e. The first-order valence-corrected chi connectivity index (χ1v) is 24.1. The van der Waals surface area contributed by atoms with Crippen LogP contribution in [0.4, 0.5) is 31.0 Å². The average Bonchev–Trinajstić information content (AvgIpc) is 4.10. The van der Waals surface area contributed by atoms with Gasteiger partial charge < -0.3 is 34.6 Å². The zero-order valence-electron chi connectivity index (χ0n) is 36.8. The molecule has 16 nitrogen and oxygen atoms in total. The summed E-state index contributed by atoms with van der Waals surface area (Å²) in [5.74, 6) is -2.95. The minimum absolute atomic E-state index is 0.0322. The normalized spacial score (nSPS) is 20.7. The fourth-order valence-electron chi connectivity index (χ4n) is 10.8. The van der Waals surface area contributed by atoms with Gasteiger partial charge in [0, 0.05) is 97.4 Å². The van der Waals surface area contributed by atoms with Gasteiger partial charge in [-0.3, -0.25) is 34.6 Å². The summed E-state index contributed by atoms with van der Waals surface area (Å²) in [5, 5.41) is 21.8. The van der Waals surface area contributed by atoms with Crippen LogP contribution in [-0.2, 0) is 38.7 Å². The number of carbonyl (C=O) groups excluding carboxylic acids is 5. The number of aromatic nitrogens is 3. The predicted octanol–water partition coefficient (Wildman–Crippen LogP) is 5.51. The van der Waals surface area contributed by atoms with Crippen LogP contribution >= 0.6 is 22.9 Å². The Morgan fingerprint density at radius 3 is 2.44 bits per heavy atom. The quantitative estimate of drug-likeness (QED) is 0.123. The lowest BCUT2D eigenvalue weighted by molar-refractivity contribution is -0.151. The van der Waals surface area contributed by atoms with Gasteiger partial charge in [-0.15, -0.1) is 11.3 Å². The Morgan fingerprint density at radius 1 is 0.941 bits per heavy atom. The van der Waals surface area contributed by atoms with Crippen LogP contribution in [0.15, 0.2) is 66.4 Å². The highest BCUT2D eigenvalue weighted by Crippen LogP contribution is 2.44. The number of hydrogen-bond donors (Lipinski definition) is 4. The van der Waals surface area contributed by atoms with E-state index in [9.17, 15) is 29.1 Å². The highest BCUT2D eigenvalue weighted by atomic mass is 35.5. The van der Waals surface area contributed by atoms with Crippen molar-refractivity contribution in [2.75, 3.05) is 59.7 Å². The van der Waals surface area contributed by atoms with Crippen LogP contribution in [0.2, 0.25) is 5.02 Å². The maximum atomic E-state index is 16.0. The molecular weight excluding hydrogens is 918 g/mol. The van der Waals surface area contributed by atoms with E-state index in [1.807, 2.05) is 28.8 Å². The lowest BCUT2D eigenvalue weighted by Crippen LogP contribution is -2.73. The second-order valence-electron chi connectivity index (χ2n) is 19.0. The second kappa shape index (κ2) is 17.0. The Morgan fingerprint density at radius 2 is 1.72 bits per heavy atom. The second-order valence-corrected chi connectivity index (χ2v) is 20.3. The summed E-state index contributed by atoms with van der Waals surface area (Å²) < 4.78 is 33.4. The molecule has 4 saturated heterocycles. The molecule has 5 amide bonds. The van der Waals surface area contributed by atoms with Crippen LogP contribution < -0.4 is 25.8 Å². The molecule has 20 heteroatoms. The number of rotatable bonds is 11. The minimum atomic E-state index is -1.24. The van der Waals surface area contributed by atoms with Crippen molar-refractivity contribution in [1.82, 2.24) is 29.7 Å². The first kappa shape index (κ1) is 44.1. The summed E-state index contributed by atoms with van der Waals surface area (Å²) in [7, 11) is 0. The Kier molecular flexibility index (Phi) is 11.0. The van der Waals surface area contributed by atoms with E-state index < -0.39 is 47.0 Å². The number of aliphatic hydroxyl groups is 1. The fraction of sp³-hybridized carbons (Fsp3) is 0.396. The number of amides is 5. The molecule has 0 radical (unpaired) electrons. The standard InChI is InChI=1S/C48H47ClF2N10O6S/c49-33-18-29(54-36-7-8-38(62)55-43(36)64)19-35(51)41(33)57-13-9-48(67,10-14-57)20-39(63)60-24-47(25-60)22-59(23-47)30-5-3-27(4-6-30)28-16-31-32(34(50)17-28)21-61(45(31)66)42(44(65)56-46-52-11-15-68-46)40-37-2-1-12-58(37)26-53-40/h3-6,11,15-19,26,36,42,54,67H,1-2,7-10,12-14,20-25H2,(H,52,56,65)(H,55,62,64)/t36-,42?/m0/s1. The summed E-state index contributed by atoms with van der Waals surface area (Å²) in [5.41, 5.74) is 3.31. The van der Waals surface area contributed by atoms with Crippen molar-refractivity contribution in [3.8, 4) is 11.1 Å². The Labute approximate surface area is 398 Å². The van der Waals surface area contributed by atoms with E-state index >= 15 is 8.78 Å². The minimum Gasteiger partial charge on any atom is -0.389 e. The number of piperidine rings is 2. The average molecular weight is 965 g/mol. The number of anilines is 4. The van der Waals surface area contributed by atoms with Gasteiger partial charge in [0.1, 0.15) is 17.7 Å². The van der Waals surface area contributed by atoms with Gasteiger partial charge in [-0.1, -0.05) is 23.7 Å². The number of aryl methyl sites for hydroxylation is 1. The summed E-state index contributed by atoms with van der Waals surface area (Å²) in [6.07, 6.45) is 5.84. The van der Waals surface area contributed by atoms with E-state index in [0.29, 0.717) is 48.3 Å². The van der Waals surface area contributed by atoms with E-state index in [0.717, 1.165) is 49.4 Å². The third-order valence-electron chi connectivity index (χ3n) is 14.4. The van der Waals surface area contributed by atoms with Crippen LogP contribution in [-0.4, -0.2) is 110 Å². The maximum absolute atomic E-state index is 16.0. The van der Waals surface area contributed by atoms with Crippen LogP contribution in [0.25, 0.3) is 11.1 Å². The third-order valence-corrected chi connectivity index (χ3v) is 15.4. The van der Waals surface area contributed by atoms with E-state index in [-0.39, 0.29) is 77.7 Å². The Bertz CT molecular complexity index is 2850. The SMILES string of the molecule is O=C1CC[C@H](Nc2cc(F)c(N3CCC(O)(CC(=O)N4CC5(C4)CN(c4ccc(-c6cc(F)c7c(c6)C(=O)N(C(C(=O)Nc6nccs6)c6ncn8c6CCC8)C7)cc4)C5)CC3)c(Cl)c2)C(=O)N1. The molecule has 4 fully saturated rings. The number of likely N-dealkylation sites (tertiary alicyclic amines) is 1. The molecule has 2 atom stereocenters. The molecule has 352 valence electrons. The Hall–Kier alpha value is -6.44. The van der Waals surface area contributed by atoms with E-state index in [2.05, 4.69) is 30.8 Å². The van der Waals surface area contributed by atoms with Gasteiger partial charge in [0.2, 0.25) is 17.7 Å². The van der Waals surface area contributed by atoms with Gasteiger partial charge in [-0.05, 0) is 79.6 Å². The lowest BCUT2D eigenvalue weighted by Gasteiger charge is -2.61. The molecule has 4 N–H and O–H groups in total. The fourth-order valence-corrected chi connectivity index (χ4v) is 11.7. The van der Waals surface area contributed by atoms with Gasteiger partial charge in [0.05, 0.1) is 41.3 Å². The molecule has 8 heterocycles. The zero-order chi connectivity index (χ0) is 47.1. The van der Waals surface area contributed by atoms with Crippen molar-refractivity contribution in [3.63, 3.8) is 0 Å². The van der Waals surface area contributed by atoms with Gasteiger partial charge in [0.25, 0.3) is 11.8 Å². The van der Waals surface area contributed by atoms with E-state index in [1.54, 1.807) is 39.8 Å². The molecule has 11 rings (SSSR count). The highest BCUT2D eigenvalue weighted by Gasteiger charge is 2.54. The summed E-state index contributed by atoms with van der Waals surface area (Å²) in [6, 6.07) is 11.9. The highest BCUT2D eigenvalue weighted by molar-refractivity contribution is 7.13. The van der Waals surface area contributed by atoms with E-state index in [4.69, 9.17) is 11.6 Å². The molecule has 1 spiro atoms. The molecule has 0 aliphatic carbocycles. The van der Waals surface area contributed by atoms with Gasteiger partial charge >= 0.3 is 0 Å². The summed E-state index contributed by atoms with van der Waals surface area (Å²) >= 11 is 7.81. The summed E-state index contributed by atoms with van der Waals surface area (Å²) in [4.78, 5) is 81.0. The monoisotopic (exact) mass is 964 g/mol.